The van der Waals surface area contributed by atoms with Gasteiger partial charge in [-0.05, 0) is 37.5 Å². The maximum atomic E-state index is 12.2. The van der Waals surface area contributed by atoms with Crippen molar-refractivity contribution in [3.63, 3.8) is 0 Å². The van der Waals surface area contributed by atoms with Crippen molar-refractivity contribution in [2.45, 2.75) is 90.4 Å². The minimum Gasteiger partial charge on any atom is -0.494 e. The lowest BCUT2D eigenvalue weighted by atomic mass is 9.82. The second-order valence-corrected chi connectivity index (χ2v) is 8.59. The predicted octanol–water partition coefficient (Wildman–Crippen LogP) is 6.21. The third-order valence-corrected chi connectivity index (χ3v) is 5.92. The average molecular weight is 426 g/mol. The van der Waals surface area contributed by atoms with Crippen molar-refractivity contribution in [1.29, 1.82) is 0 Å². The highest BCUT2D eigenvalue weighted by molar-refractivity contribution is 5.85. The van der Waals surface area contributed by atoms with E-state index in [0.717, 1.165) is 55.6 Å². The molecule has 2 aromatic rings. The van der Waals surface area contributed by atoms with Gasteiger partial charge in [0.2, 0.25) is 5.91 Å². The molecule has 0 aliphatic heterocycles. The number of benzene rings is 1. The van der Waals surface area contributed by atoms with Crippen molar-refractivity contribution in [2.75, 3.05) is 6.61 Å². The Morgan fingerprint density at radius 3 is 2.03 bits per heavy atom. The summed E-state index contributed by atoms with van der Waals surface area (Å²) in [5.74, 6) is 1.02. The monoisotopic (exact) mass is 425 g/mol. The number of amides is 1. The van der Waals surface area contributed by atoms with E-state index in [2.05, 4.69) is 23.8 Å². The highest BCUT2D eigenvalue weighted by atomic mass is 16.5. The van der Waals surface area contributed by atoms with Gasteiger partial charge in [0.15, 0.2) is 0 Å². The maximum absolute atomic E-state index is 12.2. The van der Waals surface area contributed by atoms with Crippen molar-refractivity contribution in [3.8, 4) is 16.9 Å². The van der Waals surface area contributed by atoms with Gasteiger partial charge in [-0.25, -0.2) is 9.97 Å². The molecule has 0 radical (unpaired) electrons. The van der Waals surface area contributed by atoms with E-state index < -0.39 is 5.41 Å². The number of aromatic nitrogens is 2. The number of nitrogens with zero attached hydrogens (tertiary/aromatic N) is 2. The molecule has 170 valence electrons. The number of ether oxygens (including phenoxy) is 1. The Balaban J connectivity index is 1.96. The molecule has 0 spiro atoms. The van der Waals surface area contributed by atoms with Gasteiger partial charge < -0.3 is 10.5 Å². The molecule has 5 heteroatoms. The second-order valence-electron chi connectivity index (χ2n) is 8.59. The molecule has 1 amide bonds. The number of carbonyl (C=O) groups is 1. The van der Waals surface area contributed by atoms with E-state index in [1.165, 1.54) is 25.7 Å². The lowest BCUT2D eigenvalue weighted by Crippen LogP contribution is -2.40. The van der Waals surface area contributed by atoms with Crippen LogP contribution in [0.25, 0.3) is 11.1 Å². The van der Waals surface area contributed by atoms with Crippen LogP contribution in [0.15, 0.2) is 36.7 Å². The van der Waals surface area contributed by atoms with Crippen LogP contribution in [-0.4, -0.2) is 22.5 Å². The predicted molar refractivity (Wildman–Crippen MR) is 127 cm³/mol. The smallest absolute Gasteiger partial charge is 0.231 e. The fraction of sp³-hybridized carbons (Fsp3) is 0.577. The summed E-state index contributed by atoms with van der Waals surface area (Å²) < 4.78 is 5.84. The number of nitrogens with two attached hydrogens (primary N) is 1. The van der Waals surface area contributed by atoms with Gasteiger partial charge in [0.1, 0.15) is 17.0 Å². The van der Waals surface area contributed by atoms with Gasteiger partial charge in [-0.2, -0.15) is 0 Å². The summed E-state index contributed by atoms with van der Waals surface area (Å²) >= 11 is 0. The van der Waals surface area contributed by atoms with Gasteiger partial charge >= 0.3 is 0 Å². The van der Waals surface area contributed by atoms with E-state index in [-0.39, 0.29) is 5.91 Å². The van der Waals surface area contributed by atoms with E-state index in [1.54, 1.807) is 12.4 Å². The number of hydrogen-bond acceptors (Lipinski definition) is 4. The Hall–Kier alpha value is -2.43. The zero-order chi connectivity index (χ0) is 22.5. The lowest BCUT2D eigenvalue weighted by molar-refractivity contribution is -0.123. The van der Waals surface area contributed by atoms with Crippen LogP contribution < -0.4 is 10.5 Å². The number of unbranched alkanes of at least 4 members (excludes halogenated alkanes) is 7. The van der Waals surface area contributed by atoms with Crippen molar-refractivity contribution < 1.29 is 9.53 Å². The van der Waals surface area contributed by atoms with Gasteiger partial charge in [-0.3, -0.25) is 4.79 Å². The summed E-state index contributed by atoms with van der Waals surface area (Å²) in [4.78, 5) is 21.2. The minimum absolute atomic E-state index is 0.368. The normalized spacial score (nSPS) is 13.0. The molecule has 2 rings (SSSR count). The number of rotatable bonds is 15. The molecule has 0 saturated heterocycles. The first kappa shape index (κ1) is 24.8. The molecule has 1 aromatic carbocycles. The first-order chi connectivity index (χ1) is 15.0. The number of primary amides is 1. The maximum Gasteiger partial charge on any atom is 0.231 e. The van der Waals surface area contributed by atoms with Crippen LogP contribution in [0.2, 0.25) is 0 Å². The highest BCUT2D eigenvalue weighted by Crippen LogP contribution is 2.29. The molecule has 5 nitrogen and oxygen atoms in total. The fourth-order valence-electron chi connectivity index (χ4n) is 3.65. The summed E-state index contributed by atoms with van der Waals surface area (Å²) in [7, 11) is 0. The summed E-state index contributed by atoms with van der Waals surface area (Å²) in [6, 6.07) is 8.00. The Morgan fingerprint density at radius 2 is 1.45 bits per heavy atom. The van der Waals surface area contributed by atoms with Crippen LogP contribution in [0.5, 0.6) is 5.75 Å². The Bertz CT molecular complexity index is 774. The summed E-state index contributed by atoms with van der Waals surface area (Å²) in [5, 5.41) is 0. The third-order valence-electron chi connectivity index (χ3n) is 5.92. The Kier molecular flexibility index (Phi) is 10.5. The zero-order valence-electron chi connectivity index (χ0n) is 19.5. The standard InChI is InChI=1S/C26H39N3O2/c1-4-6-8-10-12-18-31-23-15-13-21(14-16-23)22-19-28-25(29-20-22)26(3,24(27)30)17-11-9-7-5-2/h13-16,19-20H,4-12,17-18H2,1-3H3,(H2,27,30). The van der Waals surface area contributed by atoms with Gasteiger partial charge in [0, 0.05) is 18.0 Å². The molecule has 1 aromatic heterocycles. The van der Waals surface area contributed by atoms with Crippen LogP contribution in [0, 0.1) is 0 Å². The molecule has 31 heavy (non-hydrogen) atoms. The van der Waals surface area contributed by atoms with Crippen molar-refractivity contribution >= 4 is 5.91 Å². The summed E-state index contributed by atoms with van der Waals surface area (Å²) in [6.45, 7) is 7.00. The highest BCUT2D eigenvalue weighted by Gasteiger charge is 2.35. The molecule has 1 unspecified atom stereocenters. The van der Waals surface area contributed by atoms with E-state index in [0.29, 0.717) is 12.2 Å². The van der Waals surface area contributed by atoms with Crippen molar-refractivity contribution in [2.24, 2.45) is 5.73 Å². The Morgan fingerprint density at radius 1 is 0.871 bits per heavy atom. The van der Waals surface area contributed by atoms with E-state index >= 15 is 0 Å². The van der Waals surface area contributed by atoms with Crippen molar-refractivity contribution in [1.82, 2.24) is 9.97 Å². The second kappa shape index (κ2) is 13.1. The topological polar surface area (TPSA) is 78.1 Å². The van der Waals surface area contributed by atoms with Crippen LogP contribution >= 0.6 is 0 Å². The van der Waals surface area contributed by atoms with E-state index in [9.17, 15) is 4.79 Å². The molecule has 0 aliphatic rings. The van der Waals surface area contributed by atoms with Crippen LogP contribution in [0.4, 0.5) is 0 Å². The molecule has 0 saturated carbocycles. The molecular formula is C26H39N3O2. The number of carbonyl (C=O) groups excluding carboxylic acids is 1. The average Bonchev–Trinajstić information content (AvgIpc) is 2.79. The molecule has 2 N–H and O–H groups in total. The molecule has 1 atom stereocenters. The quantitative estimate of drug-likeness (QED) is 0.344. The van der Waals surface area contributed by atoms with Gasteiger partial charge in [0.05, 0.1) is 6.61 Å². The van der Waals surface area contributed by atoms with Gasteiger partial charge in [-0.15, -0.1) is 0 Å². The molecule has 1 heterocycles. The van der Waals surface area contributed by atoms with E-state index in [4.69, 9.17) is 10.5 Å². The van der Waals surface area contributed by atoms with Gasteiger partial charge in [-0.1, -0.05) is 77.3 Å². The van der Waals surface area contributed by atoms with E-state index in [1.807, 2.05) is 31.2 Å². The fourth-order valence-corrected chi connectivity index (χ4v) is 3.65. The first-order valence-electron chi connectivity index (χ1n) is 11.9. The molecule has 0 aliphatic carbocycles. The van der Waals surface area contributed by atoms with Crippen LogP contribution in [0.3, 0.4) is 0 Å². The van der Waals surface area contributed by atoms with Gasteiger partial charge in [0.25, 0.3) is 0 Å². The van der Waals surface area contributed by atoms with Crippen LogP contribution in [0.1, 0.15) is 90.8 Å². The first-order valence-corrected chi connectivity index (χ1v) is 11.9. The molecular weight excluding hydrogens is 386 g/mol. The lowest BCUT2D eigenvalue weighted by Gasteiger charge is -2.24. The third kappa shape index (κ3) is 7.64. The van der Waals surface area contributed by atoms with Crippen molar-refractivity contribution in [3.05, 3.63) is 42.5 Å². The SMILES string of the molecule is CCCCCCCOc1ccc(-c2cnc(C(C)(CCCCCC)C(N)=O)nc2)cc1. The molecule has 0 bridgehead atoms. The minimum atomic E-state index is -0.832. The van der Waals surface area contributed by atoms with Crippen LogP contribution in [-0.2, 0) is 10.2 Å². The summed E-state index contributed by atoms with van der Waals surface area (Å²) in [6.07, 6.45) is 14.7. The largest absolute Gasteiger partial charge is 0.494 e. The number of hydrogen-bond donors (Lipinski definition) is 1. The summed E-state index contributed by atoms with van der Waals surface area (Å²) in [5.41, 5.74) is 6.82. The zero-order valence-corrected chi connectivity index (χ0v) is 19.5. The molecule has 0 fully saturated rings. The Labute approximate surface area is 187 Å².